The molecule has 0 atom stereocenters. The van der Waals surface area contributed by atoms with Gasteiger partial charge in [-0.2, -0.15) is 0 Å². The summed E-state index contributed by atoms with van der Waals surface area (Å²) in [4.78, 5) is 16.8. The number of nitrogens with zero attached hydrogens (tertiary/aromatic N) is 3. The van der Waals surface area contributed by atoms with Crippen LogP contribution in [0.2, 0.25) is 0 Å². The summed E-state index contributed by atoms with van der Waals surface area (Å²) in [6.45, 7) is 4.54. The van der Waals surface area contributed by atoms with Crippen LogP contribution in [0.3, 0.4) is 0 Å². The Kier molecular flexibility index (Phi) is 6.34. The molecule has 0 spiro atoms. The Balaban J connectivity index is 1.99. The number of carbonyl (C=O) groups is 1. The summed E-state index contributed by atoms with van der Waals surface area (Å²) >= 11 is 0. The molecule has 24 heavy (non-hydrogen) atoms. The summed E-state index contributed by atoms with van der Waals surface area (Å²) in [7, 11) is 1.18. The number of sulfonamides is 1. The van der Waals surface area contributed by atoms with Gasteiger partial charge in [-0.3, -0.25) is 9.69 Å². The molecule has 134 valence electrons. The molecule has 0 unspecified atom stereocenters. The van der Waals surface area contributed by atoms with Crippen molar-refractivity contribution in [2.75, 3.05) is 60.5 Å². The highest BCUT2D eigenvalue weighted by Gasteiger charge is 2.23. The maximum atomic E-state index is 12.5. The number of carbonyl (C=O) groups excluding carboxylic acids is 1. The fraction of sp³-hybridized carbons (Fsp3) is 0.562. The molecule has 1 fully saturated rings. The summed E-state index contributed by atoms with van der Waals surface area (Å²) in [5.41, 5.74) is 0.512. The first-order valence-corrected chi connectivity index (χ1v) is 9.33. The van der Waals surface area contributed by atoms with Crippen molar-refractivity contribution in [1.29, 1.82) is 0 Å². The minimum absolute atomic E-state index is 0.0600. The normalized spacial score (nSPS) is 16.6. The number of piperazine rings is 1. The first-order chi connectivity index (χ1) is 11.4. The first-order valence-electron chi connectivity index (χ1n) is 7.89. The lowest BCUT2D eigenvalue weighted by Crippen LogP contribution is -2.49. The fourth-order valence-electron chi connectivity index (χ4n) is 2.56. The summed E-state index contributed by atoms with van der Waals surface area (Å²) < 4.78 is 30.3. The lowest BCUT2D eigenvalue weighted by atomic mass is 10.2. The van der Waals surface area contributed by atoms with Crippen molar-refractivity contribution >= 4 is 15.9 Å². The highest BCUT2D eigenvalue weighted by Crippen LogP contribution is 2.16. The van der Waals surface area contributed by atoms with E-state index in [4.69, 9.17) is 4.74 Å². The van der Waals surface area contributed by atoms with Gasteiger partial charge in [0.2, 0.25) is 10.0 Å². The number of amides is 1. The minimum Gasteiger partial charge on any atom is -0.383 e. The first kappa shape index (κ1) is 18.9. The Morgan fingerprint density at radius 1 is 1.12 bits per heavy atom. The second-order valence-electron chi connectivity index (χ2n) is 5.94. The number of benzene rings is 1. The number of hydrogen-bond acceptors (Lipinski definition) is 5. The molecule has 0 radical (unpaired) electrons. The molecule has 2 rings (SSSR count). The van der Waals surface area contributed by atoms with E-state index in [2.05, 4.69) is 4.90 Å². The highest BCUT2D eigenvalue weighted by molar-refractivity contribution is 7.89. The van der Waals surface area contributed by atoms with Crippen LogP contribution in [0.25, 0.3) is 0 Å². The van der Waals surface area contributed by atoms with Crippen LogP contribution in [-0.4, -0.2) is 89.0 Å². The van der Waals surface area contributed by atoms with Gasteiger partial charge in [0, 0.05) is 59.5 Å². The lowest BCUT2D eigenvalue weighted by molar-refractivity contribution is 0.0594. The SMILES string of the molecule is COCCN1CCN(C(=O)c2ccc(S(=O)(=O)N(C)C)cc2)CC1. The molecule has 8 heteroatoms. The van der Waals surface area contributed by atoms with Crippen LogP contribution in [0, 0.1) is 0 Å². The van der Waals surface area contributed by atoms with E-state index in [0.717, 1.165) is 23.9 Å². The van der Waals surface area contributed by atoms with Crippen molar-refractivity contribution < 1.29 is 17.9 Å². The number of methoxy groups -OCH3 is 1. The monoisotopic (exact) mass is 355 g/mol. The van der Waals surface area contributed by atoms with E-state index in [1.807, 2.05) is 0 Å². The zero-order valence-corrected chi connectivity index (χ0v) is 15.3. The van der Waals surface area contributed by atoms with Gasteiger partial charge in [0.15, 0.2) is 0 Å². The van der Waals surface area contributed by atoms with E-state index in [1.54, 1.807) is 24.1 Å². The largest absolute Gasteiger partial charge is 0.383 e. The molecular formula is C16H25N3O4S. The Morgan fingerprint density at radius 3 is 2.21 bits per heavy atom. The van der Waals surface area contributed by atoms with Crippen molar-refractivity contribution in [3.63, 3.8) is 0 Å². The molecule has 1 aromatic carbocycles. The van der Waals surface area contributed by atoms with Crippen molar-refractivity contribution in [3.05, 3.63) is 29.8 Å². The molecule has 1 saturated heterocycles. The molecule has 0 aliphatic carbocycles. The molecule has 1 aliphatic heterocycles. The van der Waals surface area contributed by atoms with Crippen LogP contribution in [-0.2, 0) is 14.8 Å². The quantitative estimate of drug-likeness (QED) is 0.736. The molecule has 1 aliphatic rings. The summed E-state index contributed by atoms with van der Waals surface area (Å²) in [6, 6.07) is 6.13. The molecule has 1 amide bonds. The van der Waals surface area contributed by atoms with Crippen molar-refractivity contribution in [1.82, 2.24) is 14.1 Å². The fourth-order valence-corrected chi connectivity index (χ4v) is 3.46. The molecular weight excluding hydrogens is 330 g/mol. The third-order valence-electron chi connectivity index (χ3n) is 4.15. The number of ether oxygens (including phenoxy) is 1. The molecule has 0 saturated carbocycles. The predicted octanol–water partition coefficient (Wildman–Crippen LogP) is 0.341. The van der Waals surface area contributed by atoms with Crippen LogP contribution < -0.4 is 0 Å². The lowest BCUT2D eigenvalue weighted by Gasteiger charge is -2.34. The summed E-state index contributed by atoms with van der Waals surface area (Å²) in [6.07, 6.45) is 0. The van der Waals surface area contributed by atoms with E-state index in [-0.39, 0.29) is 10.8 Å². The summed E-state index contributed by atoms with van der Waals surface area (Å²) in [5, 5.41) is 0. The Bertz CT molecular complexity index is 650. The maximum Gasteiger partial charge on any atom is 0.253 e. The Hall–Kier alpha value is -1.48. The molecule has 7 nitrogen and oxygen atoms in total. The van der Waals surface area contributed by atoms with E-state index in [1.165, 1.54) is 26.2 Å². The standard InChI is InChI=1S/C16H25N3O4S/c1-17(2)24(21,22)15-6-4-14(5-7-15)16(20)19-10-8-18(9-11-19)12-13-23-3/h4-7H,8-13H2,1-3H3. The maximum absolute atomic E-state index is 12.5. The third kappa shape index (κ3) is 4.32. The van der Waals surface area contributed by atoms with E-state index >= 15 is 0 Å². The summed E-state index contributed by atoms with van der Waals surface area (Å²) in [5.74, 6) is -0.0600. The average Bonchev–Trinajstić information content (AvgIpc) is 2.59. The molecule has 1 heterocycles. The van der Waals surface area contributed by atoms with Crippen molar-refractivity contribution in [2.45, 2.75) is 4.90 Å². The smallest absolute Gasteiger partial charge is 0.253 e. The van der Waals surface area contributed by atoms with Gasteiger partial charge in [-0.15, -0.1) is 0 Å². The van der Waals surface area contributed by atoms with Gasteiger partial charge in [0.25, 0.3) is 5.91 Å². The topological polar surface area (TPSA) is 70.2 Å². The van der Waals surface area contributed by atoms with Gasteiger partial charge in [0.05, 0.1) is 11.5 Å². The zero-order chi connectivity index (χ0) is 17.7. The molecule has 0 aromatic heterocycles. The van der Waals surface area contributed by atoms with Crippen LogP contribution >= 0.6 is 0 Å². The van der Waals surface area contributed by atoms with Gasteiger partial charge in [-0.05, 0) is 24.3 Å². The van der Waals surface area contributed by atoms with Crippen molar-refractivity contribution in [2.24, 2.45) is 0 Å². The predicted molar refractivity (Wildman–Crippen MR) is 91.5 cm³/mol. The van der Waals surface area contributed by atoms with Crippen LogP contribution in [0.15, 0.2) is 29.2 Å². The molecule has 0 bridgehead atoms. The van der Waals surface area contributed by atoms with Gasteiger partial charge >= 0.3 is 0 Å². The number of rotatable bonds is 6. The highest BCUT2D eigenvalue weighted by atomic mass is 32.2. The van der Waals surface area contributed by atoms with Crippen LogP contribution in [0.4, 0.5) is 0 Å². The molecule has 0 N–H and O–H groups in total. The van der Waals surface area contributed by atoms with Crippen LogP contribution in [0.5, 0.6) is 0 Å². The van der Waals surface area contributed by atoms with Gasteiger partial charge < -0.3 is 9.64 Å². The second-order valence-corrected chi connectivity index (χ2v) is 8.09. The Labute approximate surface area is 143 Å². The van der Waals surface area contributed by atoms with Gasteiger partial charge in [-0.1, -0.05) is 0 Å². The van der Waals surface area contributed by atoms with E-state index in [0.29, 0.717) is 25.3 Å². The Morgan fingerprint density at radius 2 is 1.71 bits per heavy atom. The average molecular weight is 355 g/mol. The second kappa shape index (κ2) is 8.06. The third-order valence-corrected chi connectivity index (χ3v) is 5.98. The van der Waals surface area contributed by atoms with Crippen molar-refractivity contribution in [3.8, 4) is 0 Å². The van der Waals surface area contributed by atoms with Gasteiger partial charge in [-0.25, -0.2) is 12.7 Å². The number of hydrogen-bond donors (Lipinski definition) is 0. The minimum atomic E-state index is -3.47. The van der Waals surface area contributed by atoms with E-state index < -0.39 is 10.0 Å². The van der Waals surface area contributed by atoms with Crippen LogP contribution in [0.1, 0.15) is 10.4 Å². The van der Waals surface area contributed by atoms with E-state index in [9.17, 15) is 13.2 Å². The van der Waals surface area contributed by atoms with Gasteiger partial charge in [0.1, 0.15) is 0 Å². The molecule has 1 aromatic rings. The zero-order valence-electron chi connectivity index (χ0n) is 14.4.